The molecule has 116 valence electrons. The van der Waals surface area contributed by atoms with Crippen molar-refractivity contribution in [3.63, 3.8) is 0 Å². The van der Waals surface area contributed by atoms with E-state index in [9.17, 15) is 9.90 Å². The normalized spacial score (nSPS) is 18.5. The van der Waals surface area contributed by atoms with Crippen LogP contribution in [0.3, 0.4) is 0 Å². The van der Waals surface area contributed by atoms with Crippen molar-refractivity contribution < 1.29 is 9.90 Å². The van der Waals surface area contributed by atoms with Crippen molar-refractivity contribution in [3.8, 4) is 0 Å². The van der Waals surface area contributed by atoms with Crippen LogP contribution in [0.5, 0.6) is 0 Å². The van der Waals surface area contributed by atoms with Gasteiger partial charge in [0.2, 0.25) is 5.91 Å². The number of carbonyl (C=O) groups is 1. The molecule has 1 aromatic carbocycles. The van der Waals surface area contributed by atoms with E-state index < -0.39 is 0 Å². The highest BCUT2D eigenvalue weighted by Gasteiger charge is 2.22. The van der Waals surface area contributed by atoms with Crippen molar-refractivity contribution in [2.75, 3.05) is 18.0 Å². The molecule has 1 fully saturated rings. The number of para-hydroxylation sites is 1. The number of aromatic nitrogens is 1. The summed E-state index contributed by atoms with van der Waals surface area (Å²) in [5.41, 5.74) is 1.77. The zero-order valence-electron chi connectivity index (χ0n) is 12.5. The lowest BCUT2D eigenvalue weighted by molar-refractivity contribution is -0.115. The molecule has 0 bridgehead atoms. The quantitative estimate of drug-likeness (QED) is 0.941. The van der Waals surface area contributed by atoms with E-state index in [0.29, 0.717) is 18.2 Å². The van der Waals surface area contributed by atoms with Gasteiger partial charge in [-0.3, -0.25) is 14.6 Å². The zero-order valence-corrected chi connectivity index (χ0v) is 13.3. The monoisotopic (exact) mass is 317 g/mol. The number of hydrogen-bond donors (Lipinski definition) is 1. The summed E-state index contributed by atoms with van der Waals surface area (Å²) in [4.78, 5) is 20.4. The number of carbonyl (C=O) groups excluding carboxylic acids is 1. The van der Waals surface area contributed by atoms with E-state index in [0.717, 1.165) is 24.3 Å². The summed E-state index contributed by atoms with van der Waals surface area (Å²) in [7, 11) is 0. The fraction of sp³-hybridized carbons (Fsp3) is 0.375. The van der Waals surface area contributed by atoms with E-state index in [1.54, 1.807) is 11.8 Å². The molecule has 1 unspecified atom stereocenters. The Hall–Kier alpha value is -1.76. The molecule has 0 saturated carbocycles. The third-order valence-corrected chi connectivity index (χ3v) is 4.57. The van der Waals surface area contributed by atoms with E-state index in [2.05, 4.69) is 9.88 Å². The number of rotatable bonds is 4. The van der Waals surface area contributed by atoms with Crippen LogP contribution in [0.25, 0.3) is 0 Å². The van der Waals surface area contributed by atoms with Gasteiger partial charge in [0, 0.05) is 31.9 Å². The highest BCUT2D eigenvalue weighted by Crippen LogP contribution is 2.29. The van der Waals surface area contributed by atoms with Crippen molar-refractivity contribution in [2.24, 2.45) is 0 Å². The Labute approximate surface area is 133 Å². The summed E-state index contributed by atoms with van der Waals surface area (Å²) in [6, 6.07) is 9.54. The number of nitrogens with zero attached hydrogens (tertiary/aromatic N) is 3. The molecule has 1 amide bonds. The second-order valence-corrected chi connectivity index (χ2v) is 6.33. The Morgan fingerprint density at radius 2 is 2.23 bits per heavy atom. The first-order valence-corrected chi connectivity index (χ1v) is 8.22. The number of anilines is 2. The number of likely N-dealkylation sites (tertiary alicyclic amines) is 1. The molecule has 1 saturated heterocycles. The molecule has 2 aromatic rings. The largest absolute Gasteiger partial charge is 0.392 e. The Morgan fingerprint density at radius 1 is 1.45 bits per heavy atom. The van der Waals surface area contributed by atoms with Crippen LogP contribution in [0, 0.1) is 0 Å². The molecule has 1 aromatic heterocycles. The van der Waals surface area contributed by atoms with Crippen LogP contribution < -0.4 is 4.90 Å². The third kappa shape index (κ3) is 3.35. The molecular formula is C16H19N3O2S. The number of thiazole rings is 1. The van der Waals surface area contributed by atoms with Crippen LogP contribution in [0.2, 0.25) is 0 Å². The molecule has 1 aliphatic rings. The number of hydrogen-bond acceptors (Lipinski definition) is 5. The standard InChI is InChI=1S/C16H19N3O2S/c1-12(20)19(14-5-3-2-4-6-14)16-17-13(11-22-16)9-18-8-7-15(21)10-18/h2-6,11,15,21H,7-10H2,1H3. The van der Waals surface area contributed by atoms with E-state index in [1.807, 2.05) is 35.7 Å². The van der Waals surface area contributed by atoms with Crippen LogP contribution in [-0.4, -0.2) is 40.1 Å². The van der Waals surface area contributed by atoms with Gasteiger partial charge in [-0.1, -0.05) is 18.2 Å². The topological polar surface area (TPSA) is 56.7 Å². The van der Waals surface area contributed by atoms with Gasteiger partial charge < -0.3 is 5.11 Å². The molecular weight excluding hydrogens is 298 g/mol. The van der Waals surface area contributed by atoms with Gasteiger partial charge in [-0.15, -0.1) is 11.3 Å². The van der Waals surface area contributed by atoms with E-state index in [1.165, 1.54) is 11.3 Å². The first kappa shape index (κ1) is 15.1. The molecule has 22 heavy (non-hydrogen) atoms. The average molecular weight is 317 g/mol. The smallest absolute Gasteiger partial charge is 0.230 e. The summed E-state index contributed by atoms with van der Waals surface area (Å²) in [6.07, 6.45) is 0.594. The molecule has 0 aliphatic carbocycles. The van der Waals surface area contributed by atoms with E-state index >= 15 is 0 Å². The summed E-state index contributed by atoms with van der Waals surface area (Å²) >= 11 is 1.47. The number of amides is 1. The highest BCUT2D eigenvalue weighted by molar-refractivity contribution is 7.14. The van der Waals surface area contributed by atoms with Gasteiger partial charge in [0.1, 0.15) is 0 Å². The number of benzene rings is 1. The Bertz CT molecular complexity index is 644. The van der Waals surface area contributed by atoms with Crippen molar-refractivity contribution in [1.82, 2.24) is 9.88 Å². The van der Waals surface area contributed by atoms with Gasteiger partial charge in [-0.2, -0.15) is 0 Å². The fourth-order valence-corrected chi connectivity index (χ4v) is 3.54. The van der Waals surface area contributed by atoms with Crippen LogP contribution >= 0.6 is 11.3 Å². The second kappa shape index (κ2) is 6.56. The summed E-state index contributed by atoms with van der Waals surface area (Å²) in [5, 5.41) is 12.3. The maximum atomic E-state index is 12.0. The zero-order chi connectivity index (χ0) is 15.5. The highest BCUT2D eigenvalue weighted by atomic mass is 32.1. The molecule has 0 spiro atoms. The Kier molecular flexibility index (Phi) is 4.52. The summed E-state index contributed by atoms with van der Waals surface area (Å²) < 4.78 is 0. The van der Waals surface area contributed by atoms with Gasteiger partial charge in [0.05, 0.1) is 17.5 Å². The lowest BCUT2D eigenvalue weighted by Gasteiger charge is -2.18. The minimum atomic E-state index is -0.226. The van der Waals surface area contributed by atoms with Crippen molar-refractivity contribution in [1.29, 1.82) is 0 Å². The van der Waals surface area contributed by atoms with Crippen LogP contribution in [0.15, 0.2) is 35.7 Å². The second-order valence-electron chi connectivity index (χ2n) is 5.49. The predicted octanol–water partition coefficient (Wildman–Crippen LogP) is 2.39. The van der Waals surface area contributed by atoms with Crippen LogP contribution in [0.4, 0.5) is 10.8 Å². The van der Waals surface area contributed by atoms with Gasteiger partial charge in [-0.25, -0.2) is 4.98 Å². The molecule has 5 nitrogen and oxygen atoms in total. The first-order valence-electron chi connectivity index (χ1n) is 7.34. The molecule has 1 aliphatic heterocycles. The van der Waals surface area contributed by atoms with Gasteiger partial charge in [-0.05, 0) is 18.6 Å². The minimum absolute atomic E-state index is 0.0521. The molecule has 0 radical (unpaired) electrons. The van der Waals surface area contributed by atoms with Crippen molar-refractivity contribution >= 4 is 28.1 Å². The Morgan fingerprint density at radius 3 is 2.86 bits per heavy atom. The molecule has 6 heteroatoms. The van der Waals surface area contributed by atoms with Crippen LogP contribution in [-0.2, 0) is 11.3 Å². The minimum Gasteiger partial charge on any atom is -0.392 e. The Balaban J connectivity index is 1.77. The molecule has 2 heterocycles. The summed E-state index contributed by atoms with van der Waals surface area (Å²) in [6.45, 7) is 3.85. The molecule has 1 atom stereocenters. The lowest BCUT2D eigenvalue weighted by atomic mass is 10.3. The molecule has 1 N–H and O–H groups in total. The average Bonchev–Trinajstić information content (AvgIpc) is 3.10. The van der Waals surface area contributed by atoms with E-state index in [-0.39, 0.29) is 12.0 Å². The number of aliphatic hydroxyl groups excluding tert-OH is 1. The molecule has 3 rings (SSSR count). The van der Waals surface area contributed by atoms with Crippen molar-refractivity contribution in [2.45, 2.75) is 26.0 Å². The maximum Gasteiger partial charge on any atom is 0.230 e. The van der Waals surface area contributed by atoms with Crippen molar-refractivity contribution in [3.05, 3.63) is 41.4 Å². The van der Waals surface area contributed by atoms with Crippen LogP contribution in [0.1, 0.15) is 19.0 Å². The first-order chi connectivity index (χ1) is 10.6. The predicted molar refractivity (Wildman–Crippen MR) is 87.3 cm³/mol. The van der Waals surface area contributed by atoms with Gasteiger partial charge in [0.25, 0.3) is 0 Å². The lowest BCUT2D eigenvalue weighted by Crippen LogP contribution is -2.23. The third-order valence-electron chi connectivity index (χ3n) is 3.69. The van der Waals surface area contributed by atoms with Gasteiger partial charge >= 0.3 is 0 Å². The SMILES string of the molecule is CC(=O)N(c1ccccc1)c1nc(CN2CCC(O)C2)cs1. The number of aliphatic hydroxyl groups is 1. The fourth-order valence-electron chi connectivity index (χ4n) is 2.66. The maximum absolute atomic E-state index is 12.0. The van der Waals surface area contributed by atoms with Gasteiger partial charge in [0.15, 0.2) is 5.13 Å². The van der Waals surface area contributed by atoms with E-state index in [4.69, 9.17) is 0 Å². The number of β-amino-alcohol motifs (C(OH)–C–C–N with tert-alkyl or cyclic N) is 1. The summed E-state index contributed by atoms with van der Waals surface area (Å²) in [5.74, 6) is -0.0521.